The van der Waals surface area contributed by atoms with Crippen LogP contribution in [-0.4, -0.2) is 19.2 Å². The molecule has 0 spiro atoms. The van der Waals surface area contributed by atoms with E-state index in [1.165, 1.54) is 11.1 Å². The summed E-state index contributed by atoms with van der Waals surface area (Å²) in [5, 5.41) is 3.51. The van der Waals surface area contributed by atoms with E-state index >= 15 is 0 Å². The van der Waals surface area contributed by atoms with Gasteiger partial charge >= 0.3 is 0 Å². The number of ether oxygens (including phenoxy) is 1. The highest BCUT2D eigenvalue weighted by Gasteiger charge is 2.19. The molecule has 2 heteroatoms. The third-order valence-corrected chi connectivity index (χ3v) is 4.09. The minimum Gasteiger partial charge on any atom is -0.492 e. The van der Waals surface area contributed by atoms with Gasteiger partial charge < -0.3 is 10.1 Å². The Morgan fingerprint density at radius 2 is 1.81 bits per heavy atom. The first-order valence-electron chi connectivity index (χ1n) is 8.25. The molecular weight excluding hydrogens is 258 g/mol. The minimum atomic E-state index is 0.110. The van der Waals surface area contributed by atoms with Crippen LogP contribution in [0.1, 0.15) is 59.6 Å². The molecule has 1 unspecified atom stereocenters. The van der Waals surface area contributed by atoms with E-state index in [-0.39, 0.29) is 5.41 Å². The summed E-state index contributed by atoms with van der Waals surface area (Å²) in [6, 6.07) is 7.12. The second-order valence-electron chi connectivity index (χ2n) is 7.27. The third kappa shape index (κ3) is 5.70. The van der Waals surface area contributed by atoms with Crippen molar-refractivity contribution >= 4 is 0 Å². The number of hydrogen-bond acceptors (Lipinski definition) is 2. The standard InChI is InChI=1S/C19H33NO/c1-8-16-9-10-18(17(13-16)19(5,6)7)21-12-11-20-15(4)14(2)3/h9-10,13-15,20H,8,11-12H2,1-7H3. The Labute approximate surface area is 131 Å². The highest BCUT2D eigenvalue weighted by atomic mass is 16.5. The van der Waals surface area contributed by atoms with Crippen LogP contribution in [0.25, 0.3) is 0 Å². The van der Waals surface area contributed by atoms with Crippen molar-refractivity contribution in [1.29, 1.82) is 0 Å². The van der Waals surface area contributed by atoms with Gasteiger partial charge in [0.25, 0.3) is 0 Å². The van der Waals surface area contributed by atoms with Gasteiger partial charge in [-0.15, -0.1) is 0 Å². The van der Waals surface area contributed by atoms with Crippen LogP contribution in [0.2, 0.25) is 0 Å². The molecule has 0 bridgehead atoms. The van der Waals surface area contributed by atoms with Gasteiger partial charge in [-0.3, -0.25) is 0 Å². The fourth-order valence-electron chi connectivity index (χ4n) is 2.19. The van der Waals surface area contributed by atoms with Crippen molar-refractivity contribution in [2.45, 2.75) is 66.3 Å². The maximum Gasteiger partial charge on any atom is 0.123 e. The predicted molar refractivity (Wildman–Crippen MR) is 92.3 cm³/mol. The quantitative estimate of drug-likeness (QED) is 0.744. The SMILES string of the molecule is CCc1ccc(OCCNC(C)C(C)C)c(C(C)(C)C)c1. The first-order valence-corrected chi connectivity index (χ1v) is 8.25. The molecule has 0 aliphatic heterocycles. The van der Waals surface area contributed by atoms with Gasteiger partial charge in [-0.1, -0.05) is 53.7 Å². The molecular formula is C19H33NO. The van der Waals surface area contributed by atoms with Crippen LogP contribution < -0.4 is 10.1 Å². The lowest BCUT2D eigenvalue weighted by atomic mass is 9.85. The highest BCUT2D eigenvalue weighted by molar-refractivity contribution is 5.41. The molecule has 0 aliphatic carbocycles. The van der Waals surface area contributed by atoms with Crippen molar-refractivity contribution in [3.63, 3.8) is 0 Å². The topological polar surface area (TPSA) is 21.3 Å². The van der Waals surface area contributed by atoms with Crippen molar-refractivity contribution in [3.05, 3.63) is 29.3 Å². The number of benzene rings is 1. The maximum atomic E-state index is 6.03. The Bertz CT molecular complexity index is 432. The summed E-state index contributed by atoms with van der Waals surface area (Å²) in [6.07, 6.45) is 1.07. The molecule has 2 nitrogen and oxygen atoms in total. The molecule has 120 valence electrons. The van der Waals surface area contributed by atoms with Crippen LogP contribution in [0.4, 0.5) is 0 Å². The molecule has 0 saturated heterocycles. The lowest BCUT2D eigenvalue weighted by molar-refractivity contribution is 0.290. The van der Waals surface area contributed by atoms with Gasteiger partial charge in [0.1, 0.15) is 12.4 Å². The molecule has 1 N–H and O–H groups in total. The van der Waals surface area contributed by atoms with Gasteiger partial charge in [0.15, 0.2) is 0 Å². The van der Waals surface area contributed by atoms with E-state index in [0.717, 1.165) is 18.7 Å². The zero-order valence-electron chi connectivity index (χ0n) is 14.9. The van der Waals surface area contributed by atoms with E-state index in [2.05, 4.69) is 72.0 Å². The normalized spacial score (nSPS) is 13.5. The monoisotopic (exact) mass is 291 g/mol. The summed E-state index contributed by atoms with van der Waals surface area (Å²) in [7, 11) is 0. The molecule has 0 amide bonds. The van der Waals surface area contributed by atoms with Crippen molar-refractivity contribution in [2.24, 2.45) is 5.92 Å². The molecule has 0 aromatic heterocycles. The van der Waals surface area contributed by atoms with E-state index in [1.54, 1.807) is 0 Å². The van der Waals surface area contributed by atoms with Crippen molar-refractivity contribution in [1.82, 2.24) is 5.32 Å². The van der Waals surface area contributed by atoms with Crippen LogP contribution in [0.5, 0.6) is 5.75 Å². The molecule has 1 aromatic rings. The molecule has 1 aromatic carbocycles. The molecule has 0 radical (unpaired) electrons. The highest BCUT2D eigenvalue weighted by Crippen LogP contribution is 2.32. The summed E-state index contributed by atoms with van der Waals surface area (Å²) in [6.45, 7) is 17.2. The third-order valence-electron chi connectivity index (χ3n) is 4.09. The summed E-state index contributed by atoms with van der Waals surface area (Å²) in [4.78, 5) is 0. The average Bonchev–Trinajstić information content (AvgIpc) is 2.42. The zero-order valence-corrected chi connectivity index (χ0v) is 14.9. The fourth-order valence-corrected chi connectivity index (χ4v) is 2.19. The van der Waals surface area contributed by atoms with Crippen LogP contribution in [0.15, 0.2) is 18.2 Å². The van der Waals surface area contributed by atoms with Gasteiger partial charge in [0.2, 0.25) is 0 Å². The number of hydrogen-bond donors (Lipinski definition) is 1. The van der Waals surface area contributed by atoms with Gasteiger partial charge in [-0.2, -0.15) is 0 Å². The molecule has 21 heavy (non-hydrogen) atoms. The van der Waals surface area contributed by atoms with E-state index in [0.29, 0.717) is 18.6 Å². The molecule has 0 aliphatic rings. The summed E-state index contributed by atoms with van der Waals surface area (Å²) < 4.78 is 6.03. The van der Waals surface area contributed by atoms with Gasteiger partial charge in [0, 0.05) is 12.6 Å². The first kappa shape index (κ1) is 18.0. The molecule has 0 heterocycles. The van der Waals surface area contributed by atoms with E-state index in [9.17, 15) is 0 Å². The van der Waals surface area contributed by atoms with Crippen LogP contribution in [0.3, 0.4) is 0 Å². The first-order chi connectivity index (χ1) is 9.75. The Hall–Kier alpha value is -1.02. The van der Waals surface area contributed by atoms with Gasteiger partial charge in [0.05, 0.1) is 0 Å². The molecule has 1 atom stereocenters. The van der Waals surface area contributed by atoms with Gasteiger partial charge in [-0.05, 0) is 41.9 Å². The summed E-state index contributed by atoms with van der Waals surface area (Å²) in [5.41, 5.74) is 2.79. The number of nitrogens with one attached hydrogen (secondary N) is 1. The number of aryl methyl sites for hydroxylation is 1. The van der Waals surface area contributed by atoms with Gasteiger partial charge in [-0.25, -0.2) is 0 Å². The average molecular weight is 291 g/mol. The number of rotatable bonds is 7. The van der Waals surface area contributed by atoms with E-state index in [1.807, 2.05) is 0 Å². The summed E-state index contributed by atoms with van der Waals surface area (Å²) in [5.74, 6) is 1.68. The van der Waals surface area contributed by atoms with Crippen LogP contribution in [0, 0.1) is 5.92 Å². The molecule has 0 saturated carbocycles. The smallest absolute Gasteiger partial charge is 0.123 e. The fraction of sp³-hybridized carbons (Fsp3) is 0.684. The predicted octanol–water partition coefficient (Wildman–Crippen LogP) is 4.56. The Kier molecular flexibility index (Phi) is 6.73. The second-order valence-corrected chi connectivity index (χ2v) is 7.27. The zero-order chi connectivity index (χ0) is 16.0. The Balaban J connectivity index is 2.66. The largest absolute Gasteiger partial charge is 0.492 e. The van der Waals surface area contributed by atoms with Crippen molar-refractivity contribution < 1.29 is 4.74 Å². The maximum absolute atomic E-state index is 6.03. The van der Waals surface area contributed by atoms with Crippen LogP contribution >= 0.6 is 0 Å². The lowest BCUT2D eigenvalue weighted by Gasteiger charge is -2.24. The van der Waals surface area contributed by atoms with Crippen LogP contribution in [-0.2, 0) is 11.8 Å². The summed E-state index contributed by atoms with van der Waals surface area (Å²) >= 11 is 0. The Morgan fingerprint density at radius 1 is 1.14 bits per heavy atom. The molecule has 0 fully saturated rings. The van der Waals surface area contributed by atoms with E-state index in [4.69, 9.17) is 4.74 Å². The van der Waals surface area contributed by atoms with Crippen molar-refractivity contribution in [2.75, 3.05) is 13.2 Å². The lowest BCUT2D eigenvalue weighted by Crippen LogP contribution is -2.34. The van der Waals surface area contributed by atoms with E-state index < -0.39 is 0 Å². The van der Waals surface area contributed by atoms with Crippen molar-refractivity contribution in [3.8, 4) is 5.75 Å². The molecule has 1 rings (SSSR count). The Morgan fingerprint density at radius 3 is 2.33 bits per heavy atom. The second kappa shape index (κ2) is 7.84. The minimum absolute atomic E-state index is 0.110.